The molecule has 0 spiro atoms. The van der Waals surface area contributed by atoms with Crippen molar-refractivity contribution in [3.8, 4) is 5.75 Å². The zero-order valence-electron chi connectivity index (χ0n) is 15.7. The fourth-order valence-electron chi connectivity index (χ4n) is 3.26. The average molecular weight is 405 g/mol. The first-order valence-corrected chi connectivity index (χ1v) is 9.51. The predicted octanol–water partition coefficient (Wildman–Crippen LogP) is 3.40. The highest BCUT2D eigenvalue weighted by atomic mass is 35.5. The number of amides is 2. The van der Waals surface area contributed by atoms with E-state index in [1.165, 1.54) is 18.2 Å². The summed E-state index contributed by atoms with van der Waals surface area (Å²) in [4.78, 5) is 28.7. The Hall–Kier alpha value is -2.60. The normalized spacial score (nSPS) is 14.5. The molecule has 1 aliphatic rings. The number of rotatable bonds is 4. The lowest BCUT2D eigenvalue weighted by Gasteiger charge is -2.23. The third kappa shape index (κ3) is 4.62. The molecule has 0 N–H and O–H groups in total. The van der Waals surface area contributed by atoms with Gasteiger partial charge in [-0.05, 0) is 36.2 Å². The van der Waals surface area contributed by atoms with Gasteiger partial charge in [0.25, 0.3) is 5.91 Å². The lowest BCUT2D eigenvalue weighted by molar-refractivity contribution is -0.130. The van der Waals surface area contributed by atoms with Crippen molar-refractivity contribution < 1.29 is 18.7 Å². The smallest absolute Gasteiger partial charge is 0.258 e. The number of hydrogen-bond donors (Lipinski definition) is 0. The second-order valence-electron chi connectivity index (χ2n) is 6.65. The fourth-order valence-corrected chi connectivity index (χ4v) is 3.50. The van der Waals surface area contributed by atoms with Gasteiger partial charge in [0.05, 0.1) is 24.1 Å². The highest BCUT2D eigenvalue weighted by Crippen LogP contribution is 2.22. The van der Waals surface area contributed by atoms with Crippen molar-refractivity contribution in [3.63, 3.8) is 0 Å². The van der Waals surface area contributed by atoms with Crippen molar-refractivity contribution in [2.24, 2.45) is 0 Å². The minimum atomic E-state index is -0.630. The van der Waals surface area contributed by atoms with Gasteiger partial charge in [0.15, 0.2) is 0 Å². The summed E-state index contributed by atoms with van der Waals surface area (Å²) in [5.74, 6) is -0.322. The standard InChI is InChI=1S/C21H22ClFN2O3/c1-28-16-8-6-15(7-9-16)14-19(26)24-10-3-11-25(13-12-24)21(27)20-17(22)4-2-5-18(20)23/h2,4-9H,3,10-14H2,1H3. The summed E-state index contributed by atoms with van der Waals surface area (Å²) < 4.78 is 19.2. The van der Waals surface area contributed by atoms with Crippen molar-refractivity contribution >= 4 is 23.4 Å². The molecule has 0 aromatic heterocycles. The molecular formula is C21H22ClFN2O3. The maximum absolute atomic E-state index is 14.1. The van der Waals surface area contributed by atoms with Gasteiger partial charge in [0, 0.05) is 26.2 Å². The summed E-state index contributed by atoms with van der Waals surface area (Å²) in [5, 5.41) is 0.0988. The number of carbonyl (C=O) groups is 2. The molecule has 2 amide bonds. The molecule has 148 valence electrons. The summed E-state index contributed by atoms with van der Waals surface area (Å²) in [5.41, 5.74) is 0.795. The Morgan fingerprint density at radius 1 is 1.04 bits per heavy atom. The number of benzene rings is 2. The predicted molar refractivity (Wildman–Crippen MR) is 105 cm³/mol. The summed E-state index contributed by atoms with van der Waals surface area (Å²) >= 11 is 6.01. The van der Waals surface area contributed by atoms with Crippen LogP contribution in [0.3, 0.4) is 0 Å². The van der Waals surface area contributed by atoms with E-state index >= 15 is 0 Å². The molecule has 0 bridgehead atoms. The molecule has 5 nitrogen and oxygen atoms in total. The number of carbonyl (C=O) groups excluding carboxylic acids is 2. The number of halogens is 2. The summed E-state index contributed by atoms with van der Waals surface area (Å²) in [6.07, 6.45) is 0.920. The van der Waals surface area contributed by atoms with Crippen LogP contribution in [0.5, 0.6) is 5.75 Å². The average Bonchev–Trinajstić information content (AvgIpc) is 2.94. The molecule has 0 unspecified atom stereocenters. The van der Waals surface area contributed by atoms with Gasteiger partial charge in [-0.3, -0.25) is 9.59 Å². The zero-order valence-corrected chi connectivity index (χ0v) is 16.4. The first kappa shape index (κ1) is 20.1. The van der Waals surface area contributed by atoms with Gasteiger partial charge in [-0.2, -0.15) is 0 Å². The maximum atomic E-state index is 14.1. The molecule has 2 aromatic rings. The van der Waals surface area contributed by atoms with E-state index in [9.17, 15) is 14.0 Å². The molecule has 0 aliphatic carbocycles. The van der Waals surface area contributed by atoms with E-state index in [1.807, 2.05) is 24.3 Å². The lowest BCUT2D eigenvalue weighted by atomic mass is 10.1. The van der Waals surface area contributed by atoms with E-state index in [-0.39, 0.29) is 22.9 Å². The van der Waals surface area contributed by atoms with Gasteiger partial charge in [-0.15, -0.1) is 0 Å². The van der Waals surface area contributed by atoms with Crippen LogP contribution < -0.4 is 4.74 Å². The molecule has 0 atom stereocenters. The molecule has 7 heteroatoms. The summed E-state index contributed by atoms with van der Waals surface area (Å²) in [6, 6.07) is 11.6. The van der Waals surface area contributed by atoms with Crippen LogP contribution >= 0.6 is 11.6 Å². The van der Waals surface area contributed by atoms with Crippen LogP contribution in [0.25, 0.3) is 0 Å². The van der Waals surface area contributed by atoms with Gasteiger partial charge < -0.3 is 14.5 Å². The van der Waals surface area contributed by atoms with Crippen LogP contribution in [0.2, 0.25) is 5.02 Å². The highest BCUT2D eigenvalue weighted by Gasteiger charge is 2.26. The van der Waals surface area contributed by atoms with E-state index in [1.54, 1.807) is 16.9 Å². The molecule has 1 saturated heterocycles. The van der Waals surface area contributed by atoms with Gasteiger partial charge in [0.2, 0.25) is 5.91 Å². The number of hydrogen-bond acceptors (Lipinski definition) is 3. The quantitative estimate of drug-likeness (QED) is 0.784. The third-order valence-corrected chi connectivity index (χ3v) is 5.14. The Morgan fingerprint density at radius 3 is 2.39 bits per heavy atom. The maximum Gasteiger partial charge on any atom is 0.258 e. The van der Waals surface area contributed by atoms with Crippen LogP contribution in [-0.2, 0) is 11.2 Å². The van der Waals surface area contributed by atoms with Crippen molar-refractivity contribution in [2.75, 3.05) is 33.3 Å². The largest absolute Gasteiger partial charge is 0.497 e. The van der Waals surface area contributed by atoms with Crippen molar-refractivity contribution in [1.82, 2.24) is 9.80 Å². The van der Waals surface area contributed by atoms with Crippen molar-refractivity contribution in [2.45, 2.75) is 12.8 Å². The van der Waals surface area contributed by atoms with Gasteiger partial charge in [-0.25, -0.2) is 4.39 Å². The first-order valence-electron chi connectivity index (χ1n) is 9.13. The van der Waals surface area contributed by atoms with Gasteiger partial charge >= 0.3 is 0 Å². The Balaban J connectivity index is 1.62. The van der Waals surface area contributed by atoms with Gasteiger partial charge in [-0.1, -0.05) is 29.8 Å². The minimum absolute atomic E-state index is 0.00314. The summed E-state index contributed by atoms with van der Waals surface area (Å²) in [6.45, 7) is 1.77. The second kappa shape index (κ2) is 9.06. The number of methoxy groups -OCH3 is 1. The molecule has 1 heterocycles. The van der Waals surface area contributed by atoms with Crippen LogP contribution in [0, 0.1) is 5.82 Å². The monoisotopic (exact) mass is 404 g/mol. The zero-order chi connectivity index (χ0) is 20.1. The molecule has 28 heavy (non-hydrogen) atoms. The Bertz CT molecular complexity index is 837. The topological polar surface area (TPSA) is 49.9 Å². The second-order valence-corrected chi connectivity index (χ2v) is 7.06. The molecule has 0 radical (unpaired) electrons. The summed E-state index contributed by atoms with van der Waals surface area (Å²) in [7, 11) is 1.60. The van der Waals surface area contributed by atoms with Crippen molar-refractivity contribution in [1.29, 1.82) is 0 Å². The number of nitrogens with zero attached hydrogens (tertiary/aromatic N) is 2. The molecule has 2 aromatic carbocycles. The number of ether oxygens (including phenoxy) is 1. The molecule has 3 rings (SSSR count). The van der Waals surface area contributed by atoms with E-state index in [2.05, 4.69) is 0 Å². The molecule has 0 saturated carbocycles. The Kier molecular flexibility index (Phi) is 6.52. The van der Waals surface area contributed by atoms with Crippen LogP contribution in [0.1, 0.15) is 22.3 Å². The molecule has 1 aliphatic heterocycles. The van der Waals surface area contributed by atoms with Crippen LogP contribution in [0.4, 0.5) is 4.39 Å². The Labute approximate surface area is 168 Å². The lowest BCUT2D eigenvalue weighted by Crippen LogP contribution is -2.38. The highest BCUT2D eigenvalue weighted by molar-refractivity contribution is 6.33. The van der Waals surface area contributed by atoms with E-state index in [0.29, 0.717) is 32.6 Å². The SMILES string of the molecule is COc1ccc(CC(=O)N2CCCN(C(=O)c3c(F)cccc3Cl)CC2)cc1. The third-order valence-electron chi connectivity index (χ3n) is 4.83. The Morgan fingerprint density at radius 2 is 1.71 bits per heavy atom. The van der Waals surface area contributed by atoms with E-state index in [4.69, 9.17) is 16.3 Å². The van der Waals surface area contributed by atoms with Crippen molar-refractivity contribution in [3.05, 3.63) is 64.4 Å². The first-order chi connectivity index (χ1) is 13.5. The van der Waals surface area contributed by atoms with E-state index < -0.39 is 11.7 Å². The minimum Gasteiger partial charge on any atom is -0.497 e. The van der Waals surface area contributed by atoms with Crippen LogP contribution in [-0.4, -0.2) is 54.9 Å². The molecular weight excluding hydrogens is 383 g/mol. The fraction of sp³-hybridized carbons (Fsp3) is 0.333. The van der Waals surface area contributed by atoms with Crippen LogP contribution in [0.15, 0.2) is 42.5 Å². The van der Waals surface area contributed by atoms with E-state index in [0.717, 1.165) is 11.3 Å². The van der Waals surface area contributed by atoms with Gasteiger partial charge in [0.1, 0.15) is 11.6 Å². The molecule has 1 fully saturated rings.